The first-order valence-corrected chi connectivity index (χ1v) is 9.49. The van der Waals surface area contributed by atoms with E-state index in [1.807, 2.05) is 6.92 Å². The van der Waals surface area contributed by atoms with Crippen LogP contribution in [-0.2, 0) is 19.1 Å². The Bertz CT molecular complexity index is 302. The lowest BCUT2D eigenvalue weighted by molar-refractivity contribution is -0.158. The lowest BCUT2D eigenvalue weighted by atomic mass is 10.1. The van der Waals surface area contributed by atoms with Gasteiger partial charge in [-0.2, -0.15) is 0 Å². The van der Waals surface area contributed by atoms with E-state index in [4.69, 9.17) is 9.47 Å². The Morgan fingerprint density at radius 3 is 1.96 bits per heavy atom. The molecule has 0 aromatic carbocycles. The summed E-state index contributed by atoms with van der Waals surface area (Å²) in [6.07, 6.45) is 11.9. The number of esters is 2. The number of carbonyl (C=O) groups is 2. The molecule has 0 aliphatic rings. The Kier molecular flexibility index (Phi) is 15.1. The third-order valence-corrected chi connectivity index (χ3v) is 3.91. The first kappa shape index (κ1) is 21.9. The van der Waals surface area contributed by atoms with Crippen LogP contribution in [0.5, 0.6) is 0 Å². The van der Waals surface area contributed by atoms with Crippen molar-refractivity contribution in [3.8, 4) is 0 Å². The maximum absolute atomic E-state index is 11.6. The van der Waals surface area contributed by atoms with Crippen molar-refractivity contribution < 1.29 is 19.1 Å². The van der Waals surface area contributed by atoms with Crippen molar-refractivity contribution in [2.45, 2.75) is 104 Å². The Morgan fingerprint density at radius 1 is 0.783 bits per heavy atom. The third kappa shape index (κ3) is 14.3. The fraction of sp³-hybridized carbons (Fsp3) is 0.895. The minimum atomic E-state index is -0.468. The SMILES string of the molecule is CCCCCCCCCCOC(=O)CC(=O)OC(CC)CCC. The molecule has 0 radical (unpaired) electrons. The Balaban J connectivity index is 3.54. The molecule has 4 nitrogen and oxygen atoms in total. The first-order chi connectivity index (χ1) is 11.1. The largest absolute Gasteiger partial charge is 0.465 e. The van der Waals surface area contributed by atoms with Crippen LogP contribution in [0, 0.1) is 0 Å². The van der Waals surface area contributed by atoms with Gasteiger partial charge in [0.25, 0.3) is 0 Å². The van der Waals surface area contributed by atoms with E-state index >= 15 is 0 Å². The van der Waals surface area contributed by atoms with Gasteiger partial charge in [-0.1, -0.05) is 72.1 Å². The zero-order valence-corrected chi connectivity index (χ0v) is 15.4. The first-order valence-electron chi connectivity index (χ1n) is 9.49. The molecule has 0 saturated heterocycles. The molecule has 0 bridgehead atoms. The van der Waals surface area contributed by atoms with Gasteiger partial charge in [0.05, 0.1) is 6.61 Å². The molecule has 1 unspecified atom stereocenters. The minimum absolute atomic E-state index is 0.0759. The summed E-state index contributed by atoms with van der Waals surface area (Å²) in [4.78, 5) is 23.2. The van der Waals surface area contributed by atoms with Gasteiger partial charge in [0.15, 0.2) is 0 Å². The zero-order valence-electron chi connectivity index (χ0n) is 15.4. The van der Waals surface area contributed by atoms with Gasteiger partial charge < -0.3 is 9.47 Å². The molecule has 1 atom stereocenters. The molecule has 0 aromatic heterocycles. The highest BCUT2D eigenvalue weighted by Crippen LogP contribution is 2.09. The van der Waals surface area contributed by atoms with Crippen molar-refractivity contribution >= 4 is 11.9 Å². The topological polar surface area (TPSA) is 52.6 Å². The highest BCUT2D eigenvalue weighted by atomic mass is 16.6. The predicted octanol–water partition coefficient (Wildman–Crippen LogP) is 5.18. The standard InChI is InChI=1S/C19H36O4/c1-4-7-8-9-10-11-12-13-15-22-18(20)16-19(21)23-17(6-3)14-5-2/h17H,4-16H2,1-3H3. The maximum atomic E-state index is 11.6. The van der Waals surface area contributed by atoms with Gasteiger partial charge in [0.1, 0.15) is 12.5 Å². The van der Waals surface area contributed by atoms with E-state index in [9.17, 15) is 9.59 Å². The van der Waals surface area contributed by atoms with E-state index in [0.717, 1.165) is 32.1 Å². The molecule has 0 aliphatic carbocycles. The molecule has 136 valence electrons. The molecule has 0 spiro atoms. The molecule has 4 heteroatoms. The molecule has 0 aromatic rings. The summed E-state index contributed by atoms with van der Waals surface area (Å²) in [5.41, 5.74) is 0. The van der Waals surface area contributed by atoms with E-state index < -0.39 is 11.9 Å². The van der Waals surface area contributed by atoms with Gasteiger partial charge in [0, 0.05) is 0 Å². The number of rotatable bonds is 15. The maximum Gasteiger partial charge on any atom is 0.317 e. The molecule has 0 rings (SSSR count). The van der Waals surface area contributed by atoms with E-state index in [0.29, 0.717) is 6.61 Å². The Labute approximate surface area is 142 Å². The summed E-state index contributed by atoms with van der Waals surface area (Å²) in [5.74, 6) is -0.935. The fourth-order valence-electron chi connectivity index (χ4n) is 2.49. The summed E-state index contributed by atoms with van der Waals surface area (Å²) in [7, 11) is 0. The summed E-state index contributed by atoms with van der Waals surface area (Å²) < 4.78 is 10.4. The average Bonchev–Trinajstić information content (AvgIpc) is 2.52. The third-order valence-electron chi connectivity index (χ3n) is 3.91. The van der Waals surface area contributed by atoms with E-state index in [-0.39, 0.29) is 12.5 Å². The minimum Gasteiger partial charge on any atom is -0.465 e. The second-order valence-corrected chi connectivity index (χ2v) is 6.18. The van der Waals surface area contributed by atoms with Gasteiger partial charge in [-0.15, -0.1) is 0 Å². The van der Waals surface area contributed by atoms with Crippen molar-refractivity contribution in [3.05, 3.63) is 0 Å². The number of unbranched alkanes of at least 4 members (excludes halogenated alkanes) is 7. The van der Waals surface area contributed by atoms with E-state index in [1.165, 1.54) is 38.5 Å². The fourth-order valence-corrected chi connectivity index (χ4v) is 2.49. The second-order valence-electron chi connectivity index (χ2n) is 6.18. The van der Waals surface area contributed by atoms with Crippen LogP contribution in [0.15, 0.2) is 0 Å². The Morgan fingerprint density at radius 2 is 1.39 bits per heavy atom. The summed E-state index contributed by atoms with van der Waals surface area (Å²) in [6, 6.07) is 0. The van der Waals surface area contributed by atoms with Crippen molar-refractivity contribution in [2.75, 3.05) is 6.61 Å². The summed E-state index contributed by atoms with van der Waals surface area (Å²) in [5, 5.41) is 0. The van der Waals surface area contributed by atoms with Gasteiger partial charge in [-0.05, 0) is 19.3 Å². The highest BCUT2D eigenvalue weighted by Gasteiger charge is 2.16. The van der Waals surface area contributed by atoms with Crippen LogP contribution in [0.25, 0.3) is 0 Å². The smallest absolute Gasteiger partial charge is 0.317 e. The molecule has 0 amide bonds. The van der Waals surface area contributed by atoms with Crippen LogP contribution in [0.4, 0.5) is 0 Å². The zero-order chi connectivity index (χ0) is 17.3. The molecule has 0 fully saturated rings. The molecule has 0 N–H and O–H groups in total. The van der Waals surface area contributed by atoms with Crippen LogP contribution < -0.4 is 0 Å². The predicted molar refractivity (Wildman–Crippen MR) is 93.3 cm³/mol. The van der Waals surface area contributed by atoms with E-state index in [1.54, 1.807) is 0 Å². The molecule has 23 heavy (non-hydrogen) atoms. The van der Waals surface area contributed by atoms with Gasteiger partial charge in [-0.3, -0.25) is 9.59 Å². The molecule has 0 heterocycles. The van der Waals surface area contributed by atoms with Gasteiger partial charge >= 0.3 is 11.9 Å². The average molecular weight is 328 g/mol. The monoisotopic (exact) mass is 328 g/mol. The van der Waals surface area contributed by atoms with Crippen LogP contribution in [0.2, 0.25) is 0 Å². The normalized spacial score (nSPS) is 12.0. The van der Waals surface area contributed by atoms with Gasteiger partial charge in [-0.25, -0.2) is 0 Å². The summed E-state index contributed by atoms with van der Waals surface area (Å²) in [6.45, 7) is 6.66. The van der Waals surface area contributed by atoms with Crippen molar-refractivity contribution in [1.29, 1.82) is 0 Å². The number of carbonyl (C=O) groups excluding carboxylic acids is 2. The van der Waals surface area contributed by atoms with Crippen LogP contribution in [-0.4, -0.2) is 24.6 Å². The lowest BCUT2D eigenvalue weighted by Gasteiger charge is -2.14. The van der Waals surface area contributed by atoms with Crippen molar-refractivity contribution in [1.82, 2.24) is 0 Å². The van der Waals surface area contributed by atoms with Crippen LogP contribution in [0.3, 0.4) is 0 Å². The molecule has 0 saturated carbocycles. The molecule has 0 aliphatic heterocycles. The quantitative estimate of drug-likeness (QED) is 0.236. The number of hydrogen-bond acceptors (Lipinski definition) is 4. The van der Waals surface area contributed by atoms with Crippen LogP contribution >= 0.6 is 0 Å². The van der Waals surface area contributed by atoms with Gasteiger partial charge in [0.2, 0.25) is 0 Å². The Hall–Kier alpha value is -1.06. The highest BCUT2D eigenvalue weighted by molar-refractivity contribution is 5.91. The molecular formula is C19H36O4. The van der Waals surface area contributed by atoms with Crippen molar-refractivity contribution in [2.24, 2.45) is 0 Å². The second kappa shape index (κ2) is 15.8. The summed E-state index contributed by atoms with van der Waals surface area (Å²) >= 11 is 0. The number of ether oxygens (including phenoxy) is 2. The van der Waals surface area contributed by atoms with Crippen molar-refractivity contribution in [3.63, 3.8) is 0 Å². The lowest BCUT2D eigenvalue weighted by Crippen LogP contribution is -2.20. The number of hydrogen-bond donors (Lipinski definition) is 0. The van der Waals surface area contributed by atoms with E-state index in [2.05, 4.69) is 13.8 Å². The molecular weight excluding hydrogens is 292 g/mol. The van der Waals surface area contributed by atoms with Crippen LogP contribution in [0.1, 0.15) is 97.8 Å².